The van der Waals surface area contributed by atoms with Crippen LogP contribution in [0.15, 0.2) is 91.9 Å². The van der Waals surface area contributed by atoms with Gasteiger partial charge in [0, 0.05) is 35.7 Å². The summed E-state index contributed by atoms with van der Waals surface area (Å²) >= 11 is 0. The average Bonchev–Trinajstić information content (AvgIpc) is 2.74. The molecule has 31 heavy (non-hydrogen) atoms. The van der Waals surface area contributed by atoms with Crippen LogP contribution in [-0.2, 0) is 6.42 Å². The molecular formula is C26H22N2O3. The van der Waals surface area contributed by atoms with Crippen LogP contribution in [0, 0.1) is 13.8 Å². The molecule has 0 amide bonds. The lowest BCUT2D eigenvalue weighted by molar-refractivity contribution is 0.421. The van der Waals surface area contributed by atoms with E-state index in [2.05, 4.69) is 16.7 Å². The number of aryl methyl sites for hydroxylation is 1. The van der Waals surface area contributed by atoms with Crippen molar-refractivity contribution in [2.24, 2.45) is 9.98 Å². The van der Waals surface area contributed by atoms with Gasteiger partial charge in [-0.1, -0.05) is 30.4 Å². The van der Waals surface area contributed by atoms with Crippen LogP contribution in [0.4, 0.5) is 5.69 Å². The van der Waals surface area contributed by atoms with Gasteiger partial charge >= 0.3 is 5.63 Å². The van der Waals surface area contributed by atoms with Gasteiger partial charge in [0.2, 0.25) is 5.88 Å². The standard InChI is InChI=1S/C26H22N2O3/c1-17-19(9-8-10-23(17)27-3)15-22-18(2)21-13-12-20(16-24(21)31-26(22)29)30-25-11-6-4-5-7-14-28-25/h4-14,16H,3,15H2,1-2H3/b5-4?,6-4+,7-5-,11-6?,14-7?,25-11-,28-14-,28-25?. The van der Waals surface area contributed by atoms with Crippen LogP contribution in [0.1, 0.15) is 22.3 Å². The van der Waals surface area contributed by atoms with Gasteiger partial charge in [-0.2, -0.15) is 0 Å². The third kappa shape index (κ3) is 4.31. The average molecular weight is 410 g/mol. The largest absolute Gasteiger partial charge is 0.439 e. The SMILES string of the molecule is C=Nc1cccc(Cc2c(C)c3ccc(OC4=C\C=C\C=C/C=N\4)cc3oc2=O)c1C. The smallest absolute Gasteiger partial charge is 0.340 e. The Bertz CT molecular complexity index is 1340. The van der Waals surface area contributed by atoms with Crippen molar-refractivity contribution in [1.29, 1.82) is 0 Å². The zero-order chi connectivity index (χ0) is 21.8. The zero-order valence-corrected chi connectivity index (χ0v) is 17.5. The van der Waals surface area contributed by atoms with E-state index >= 15 is 0 Å². The first-order valence-corrected chi connectivity index (χ1v) is 9.94. The maximum Gasteiger partial charge on any atom is 0.340 e. The van der Waals surface area contributed by atoms with Gasteiger partial charge in [0.15, 0.2) is 0 Å². The highest BCUT2D eigenvalue weighted by molar-refractivity contribution is 5.82. The van der Waals surface area contributed by atoms with Crippen LogP contribution in [0.2, 0.25) is 0 Å². The number of hydrogen-bond acceptors (Lipinski definition) is 5. The van der Waals surface area contributed by atoms with E-state index in [1.54, 1.807) is 18.4 Å². The second-order valence-corrected chi connectivity index (χ2v) is 7.20. The van der Waals surface area contributed by atoms with Crippen LogP contribution < -0.4 is 10.4 Å². The Morgan fingerprint density at radius 3 is 2.74 bits per heavy atom. The maximum absolute atomic E-state index is 12.8. The molecule has 154 valence electrons. The summed E-state index contributed by atoms with van der Waals surface area (Å²) in [6, 6.07) is 11.3. The van der Waals surface area contributed by atoms with Crippen molar-refractivity contribution in [3.63, 3.8) is 0 Å². The van der Waals surface area contributed by atoms with Crippen molar-refractivity contribution in [2.75, 3.05) is 0 Å². The molecule has 0 spiro atoms. The van der Waals surface area contributed by atoms with Gasteiger partial charge < -0.3 is 9.15 Å². The molecule has 5 heteroatoms. The van der Waals surface area contributed by atoms with Gasteiger partial charge in [-0.15, -0.1) is 0 Å². The van der Waals surface area contributed by atoms with E-state index in [-0.39, 0.29) is 5.63 Å². The van der Waals surface area contributed by atoms with E-state index in [0.29, 0.717) is 29.2 Å². The monoisotopic (exact) mass is 410 g/mol. The molecule has 0 N–H and O–H groups in total. The van der Waals surface area contributed by atoms with Crippen LogP contribution in [0.3, 0.4) is 0 Å². The van der Waals surface area contributed by atoms with Crippen molar-refractivity contribution in [3.05, 3.63) is 105 Å². The topological polar surface area (TPSA) is 64.2 Å². The molecule has 0 saturated heterocycles. The molecule has 0 atom stereocenters. The summed E-state index contributed by atoms with van der Waals surface area (Å²) < 4.78 is 11.5. The first-order chi connectivity index (χ1) is 15.1. The quantitative estimate of drug-likeness (QED) is 0.397. The molecule has 0 saturated carbocycles. The molecular weight excluding hydrogens is 388 g/mol. The minimum Gasteiger partial charge on any atom is -0.439 e. The fraction of sp³-hybridized carbons (Fsp3) is 0.115. The van der Waals surface area contributed by atoms with Gasteiger partial charge in [-0.25, -0.2) is 9.79 Å². The summed E-state index contributed by atoms with van der Waals surface area (Å²) in [6.45, 7) is 7.54. The minimum atomic E-state index is -0.352. The van der Waals surface area contributed by atoms with Gasteiger partial charge in [-0.3, -0.25) is 4.99 Å². The van der Waals surface area contributed by atoms with Crippen molar-refractivity contribution < 1.29 is 9.15 Å². The predicted octanol–water partition coefficient (Wildman–Crippen LogP) is 5.75. The molecule has 0 radical (unpaired) electrons. The summed E-state index contributed by atoms with van der Waals surface area (Å²) in [7, 11) is 0. The van der Waals surface area contributed by atoms with Crippen molar-refractivity contribution in [3.8, 4) is 5.75 Å². The van der Waals surface area contributed by atoms with Crippen LogP contribution >= 0.6 is 0 Å². The molecule has 0 bridgehead atoms. The van der Waals surface area contributed by atoms with Crippen LogP contribution in [0.5, 0.6) is 5.75 Å². The van der Waals surface area contributed by atoms with Gasteiger partial charge in [0.05, 0.1) is 5.69 Å². The molecule has 4 rings (SSSR count). The molecule has 1 aliphatic heterocycles. The molecule has 1 aliphatic rings. The first-order valence-electron chi connectivity index (χ1n) is 9.94. The molecule has 2 aromatic carbocycles. The fourth-order valence-corrected chi connectivity index (χ4v) is 3.52. The molecule has 0 unspecified atom stereocenters. The third-order valence-corrected chi connectivity index (χ3v) is 5.30. The second kappa shape index (κ2) is 8.79. The highest BCUT2D eigenvalue weighted by Gasteiger charge is 2.15. The highest BCUT2D eigenvalue weighted by atomic mass is 16.5. The normalized spacial score (nSPS) is 17.8. The number of benzene rings is 2. The number of aliphatic imine (C=N–C) groups is 2. The Kier molecular flexibility index (Phi) is 5.76. The maximum atomic E-state index is 12.8. The number of nitrogens with zero attached hydrogens (tertiary/aromatic N) is 2. The zero-order valence-electron chi connectivity index (χ0n) is 17.5. The fourth-order valence-electron chi connectivity index (χ4n) is 3.52. The van der Waals surface area contributed by atoms with Crippen molar-refractivity contribution in [2.45, 2.75) is 20.3 Å². The Morgan fingerprint density at radius 1 is 1.06 bits per heavy atom. The summed E-state index contributed by atoms with van der Waals surface area (Å²) in [6.07, 6.45) is 11.3. The summed E-state index contributed by atoms with van der Waals surface area (Å²) in [5, 5.41) is 0.871. The van der Waals surface area contributed by atoms with Crippen LogP contribution in [-0.4, -0.2) is 12.9 Å². The Morgan fingerprint density at radius 2 is 1.90 bits per heavy atom. The lowest BCUT2D eigenvalue weighted by atomic mass is 9.96. The van der Waals surface area contributed by atoms with Gasteiger partial charge in [0.1, 0.15) is 11.3 Å². The van der Waals surface area contributed by atoms with Gasteiger partial charge in [-0.05, 0) is 61.5 Å². The Balaban J connectivity index is 1.69. The number of hydrogen-bond donors (Lipinski definition) is 0. The Labute approximate surface area is 180 Å². The van der Waals surface area contributed by atoms with Crippen molar-refractivity contribution >= 4 is 29.6 Å². The molecule has 2 heterocycles. The van der Waals surface area contributed by atoms with Crippen molar-refractivity contribution in [1.82, 2.24) is 0 Å². The summed E-state index contributed by atoms with van der Waals surface area (Å²) in [5.41, 5.74) is 4.51. The van der Waals surface area contributed by atoms with E-state index in [1.165, 1.54) is 0 Å². The van der Waals surface area contributed by atoms with E-state index in [1.807, 2.05) is 68.5 Å². The second-order valence-electron chi connectivity index (χ2n) is 7.20. The van der Waals surface area contributed by atoms with E-state index < -0.39 is 0 Å². The minimum absolute atomic E-state index is 0.352. The predicted molar refractivity (Wildman–Crippen MR) is 126 cm³/mol. The lowest BCUT2D eigenvalue weighted by Crippen LogP contribution is -2.11. The lowest BCUT2D eigenvalue weighted by Gasteiger charge is -2.12. The number of allylic oxidation sites excluding steroid dienone is 5. The van der Waals surface area contributed by atoms with E-state index in [9.17, 15) is 4.79 Å². The Hall–Kier alpha value is -3.99. The number of ether oxygens (including phenoxy) is 1. The summed E-state index contributed by atoms with van der Waals surface area (Å²) in [5.74, 6) is 0.992. The summed E-state index contributed by atoms with van der Waals surface area (Å²) in [4.78, 5) is 21.1. The molecule has 1 aromatic heterocycles. The van der Waals surface area contributed by atoms with E-state index in [4.69, 9.17) is 9.15 Å². The highest BCUT2D eigenvalue weighted by Crippen LogP contribution is 2.28. The van der Waals surface area contributed by atoms with Crippen LogP contribution in [0.25, 0.3) is 11.0 Å². The molecule has 0 aliphatic carbocycles. The third-order valence-electron chi connectivity index (χ3n) is 5.30. The van der Waals surface area contributed by atoms with Gasteiger partial charge in [0.25, 0.3) is 0 Å². The number of rotatable bonds is 5. The molecule has 5 nitrogen and oxygen atoms in total. The molecule has 0 fully saturated rings. The molecule has 3 aromatic rings. The first kappa shape index (κ1) is 20.3. The van der Waals surface area contributed by atoms with E-state index in [0.717, 1.165) is 27.8 Å². The number of fused-ring (bicyclic) bond motifs is 1.